The maximum atomic E-state index is 11.9. The molecule has 0 fully saturated rings. The molecule has 1 rings (SSSR count). The number of carbonyl (C=O) groups is 2. The lowest BCUT2D eigenvalue weighted by Gasteiger charge is -2.07. The first-order valence-corrected chi connectivity index (χ1v) is 5.53. The summed E-state index contributed by atoms with van der Waals surface area (Å²) in [6, 6.07) is 5.74. The number of ketones is 1. The molecule has 1 aromatic rings. The number of benzene rings is 1. The summed E-state index contributed by atoms with van der Waals surface area (Å²) < 4.78 is 0. The van der Waals surface area contributed by atoms with Crippen LogP contribution >= 0.6 is 0 Å². The Labute approximate surface area is 101 Å². The fourth-order valence-corrected chi connectivity index (χ4v) is 1.53. The summed E-state index contributed by atoms with van der Waals surface area (Å²) in [7, 11) is 0. The van der Waals surface area contributed by atoms with E-state index >= 15 is 0 Å². The third-order valence-electron chi connectivity index (χ3n) is 2.49. The van der Waals surface area contributed by atoms with Gasteiger partial charge in [0.2, 0.25) is 0 Å². The van der Waals surface area contributed by atoms with Gasteiger partial charge in [0, 0.05) is 12.1 Å². The first kappa shape index (κ1) is 13.4. The van der Waals surface area contributed by atoms with Crippen molar-refractivity contribution < 1.29 is 14.7 Å². The van der Waals surface area contributed by atoms with E-state index in [4.69, 9.17) is 5.11 Å². The van der Waals surface area contributed by atoms with E-state index in [1.165, 1.54) is 0 Å². The standard InChI is InChI=1S/C13H17NO3/c1-9-3-4-10(2)11(7-9)12(15)8-14-6-5-13(16)17/h3-4,7,14H,5-6,8H2,1-2H3,(H,16,17). The van der Waals surface area contributed by atoms with Crippen molar-refractivity contribution in [2.45, 2.75) is 20.3 Å². The third-order valence-corrected chi connectivity index (χ3v) is 2.49. The second-order valence-electron chi connectivity index (χ2n) is 4.06. The van der Waals surface area contributed by atoms with Crippen LogP contribution in [0.4, 0.5) is 0 Å². The van der Waals surface area contributed by atoms with Crippen LogP contribution in [0.2, 0.25) is 0 Å². The minimum atomic E-state index is -0.864. The number of carboxylic acids is 1. The lowest BCUT2D eigenvalue weighted by atomic mass is 10.0. The van der Waals surface area contributed by atoms with Crippen LogP contribution in [0, 0.1) is 13.8 Å². The fourth-order valence-electron chi connectivity index (χ4n) is 1.53. The van der Waals surface area contributed by atoms with Crippen molar-refractivity contribution in [3.63, 3.8) is 0 Å². The van der Waals surface area contributed by atoms with Crippen LogP contribution in [-0.2, 0) is 4.79 Å². The number of carboxylic acid groups (broad SMARTS) is 1. The molecule has 0 amide bonds. The summed E-state index contributed by atoms with van der Waals surface area (Å²) in [5, 5.41) is 11.3. The molecule has 1 aromatic carbocycles. The monoisotopic (exact) mass is 235 g/mol. The summed E-state index contributed by atoms with van der Waals surface area (Å²) in [5.74, 6) is -0.867. The molecule has 17 heavy (non-hydrogen) atoms. The van der Waals surface area contributed by atoms with Crippen molar-refractivity contribution in [3.8, 4) is 0 Å². The highest BCUT2D eigenvalue weighted by Gasteiger charge is 2.08. The van der Waals surface area contributed by atoms with Gasteiger partial charge in [-0.05, 0) is 25.5 Å². The smallest absolute Gasteiger partial charge is 0.304 e. The molecule has 0 atom stereocenters. The van der Waals surface area contributed by atoms with E-state index in [1.54, 1.807) is 0 Å². The van der Waals surface area contributed by atoms with Gasteiger partial charge in [-0.2, -0.15) is 0 Å². The van der Waals surface area contributed by atoms with Crippen LogP contribution in [0.5, 0.6) is 0 Å². The number of nitrogens with one attached hydrogen (secondary N) is 1. The number of aryl methyl sites for hydroxylation is 2. The Bertz CT molecular complexity index is 427. The van der Waals surface area contributed by atoms with Crippen molar-refractivity contribution in [2.24, 2.45) is 0 Å². The predicted octanol–water partition coefficient (Wildman–Crippen LogP) is 1.55. The van der Waals surface area contributed by atoms with Gasteiger partial charge in [-0.15, -0.1) is 0 Å². The van der Waals surface area contributed by atoms with Gasteiger partial charge in [0.05, 0.1) is 13.0 Å². The van der Waals surface area contributed by atoms with Gasteiger partial charge < -0.3 is 10.4 Å². The highest BCUT2D eigenvalue weighted by atomic mass is 16.4. The minimum Gasteiger partial charge on any atom is -0.481 e. The van der Waals surface area contributed by atoms with Gasteiger partial charge in [-0.1, -0.05) is 17.7 Å². The molecule has 0 aliphatic carbocycles. The van der Waals surface area contributed by atoms with Gasteiger partial charge in [0.25, 0.3) is 0 Å². The molecule has 4 nitrogen and oxygen atoms in total. The molecule has 2 N–H and O–H groups in total. The van der Waals surface area contributed by atoms with Crippen LogP contribution in [-0.4, -0.2) is 29.9 Å². The van der Waals surface area contributed by atoms with Crippen molar-refractivity contribution >= 4 is 11.8 Å². The molecule has 0 unspecified atom stereocenters. The fraction of sp³-hybridized carbons (Fsp3) is 0.385. The predicted molar refractivity (Wildman–Crippen MR) is 65.4 cm³/mol. The summed E-state index contributed by atoms with van der Waals surface area (Å²) in [6.45, 7) is 4.32. The van der Waals surface area contributed by atoms with Gasteiger partial charge in [-0.3, -0.25) is 9.59 Å². The highest BCUT2D eigenvalue weighted by molar-refractivity contribution is 5.99. The lowest BCUT2D eigenvalue weighted by molar-refractivity contribution is -0.136. The maximum Gasteiger partial charge on any atom is 0.304 e. The van der Waals surface area contributed by atoms with Crippen molar-refractivity contribution in [1.82, 2.24) is 5.32 Å². The van der Waals surface area contributed by atoms with E-state index in [-0.39, 0.29) is 18.7 Å². The van der Waals surface area contributed by atoms with Gasteiger partial charge in [-0.25, -0.2) is 0 Å². The average Bonchev–Trinajstić information content (AvgIpc) is 2.27. The van der Waals surface area contributed by atoms with Crippen molar-refractivity contribution in [2.75, 3.05) is 13.1 Å². The zero-order valence-corrected chi connectivity index (χ0v) is 10.1. The SMILES string of the molecule is Cc1ccc(C)c(C(=O)CNCCC(=O)O)c1. The van der Waals surface area contributed by atoms with E-state index in [1.807, 2.05) is 32.0 Å². The second-order valence-corrected chi connectivity index (χ2v) is 4.06. The number of Topliss-reactive ketones (excluding diaryl/α,β-unsaturated/α-hetero) is 1. The summed E-state index contributed by atoms with van der Waals surface area (Å²) in [6.07, 6.45) is 0.0279. The Morgan fingerprint density at radius 3 is 2.65 bits per heavy atom. The number of aliphatic carboxylic acids is 1. The molecule has 92 valence electrons. The molecule has 0 radical (unpaired) electrons. The minimum absolute atomic E-state index is 0.00316. The molecular formula is C13H17NO3. The first-order valence-electron chi connectivity index (χ1n) is 5.53. The second kappa shape index (κ2) is 6.15. The van der Waals surface area contributed by atoms with Crippen molar-refractivity contribution in [3.05, 3.63) is 34.9 Å². The zero-order chi connectivity index (χ0) is 12.8. The molecule has 0 heterocycles. The Morgan fingerprint density at radius 2 is 2.00 bits per heavy atom. The number of hydrogen-bond acceptors (Lipinski definition) is 3. The molecule has 0 saturated carbocycles. The van der Waals surface area contributed by atoms with Crippen molar-refractivity contribution in [1.29, 1.82) is 0 Å². The summed E-state index contributed by atoms with van der Waals surface area (Å²) in [4.78, 5) is 22.1. The van der Waals surface area contributed by atoms with E-state index in [2.05, 4.69) is 5.32 Å². The Morgan fingerprint density at radius 1 is 1.29 bits per heavy atom. The number of rotatable bonds is 6. The average molecular weight is 235 g/mol. The van der Waals surface area contributed by atoms with Crippen LogP contribution in [0.25, 0.3) is 0 Å². The lowest BCUT2D eigenvalue weighted by Crippen LogP contribution is -2.25. The van der Waals surface area contributed by atoms with Crippen LogP contribution in [0.1, 0.15) is 27.9 Å². The Hall–Kier alpha value is -1.68. The summed E-state index contributed by atoms with van der Waals surface area (Å²) >= 11 is 0. The molecular weight excluding hydrogens is 218 g/mol. The maximum absolute atomic E-state index is 11.9. The van der Waals surface area contributed by atoms with Crippen LogP contribution in [0.15, 0.2) is 18.2 Å². The molecule has 0 bridgehead atoms. The van der Waals surface area contributed by atoms with Gasteiger partial charge in [0.1, 0.15) is 0 Å². The molecule has 0 saturated heterocycles. The van der Waals surface area contributed by atoms with E-state index in [0.717, 1.165) is 11.1 Å². The Kier molecular flexibility index (Phi) is 4.84. The van der Waals surface area contributed by atoms with Gasteiger partial charge in [0.15, 0.2) is 5.78 Å². The molecule has 0 aliphatic heterocycles. The largest absolute Gasteiger partial charge is 0.481 e. The molecule has 4 heteroatoms. The zero-order valence-electron chi connectivity index (χ0n) is 10.1. The van der Waals surface area contributed by atoms with Crippen LogP contribution in [0.3, 0.4) is 0 Å². The third kappa shape index (κ3) is 4.36. The Balaban J connectivity index is 2.52. The van der Waals surface area contributed by atoms with Crippen LogP contribution < -0.4 is 5.32 Å². The number of carbonyl (C=O) groups excluding carboxylic acids is 1. The normalized spacial score (nSPS) is 10.2. The topological polar surface area (TPSA) is 66.4 Å². The van der Waals surface area contributed by atoms with E-state index in [0.29, 0.717) is 12.1 Å². The van der Waals surface area contributed by atoms with E-state index < -0.39 is 5.97 Å². The first-order chi connectivity index (χ1) is 8.00. The molecule has 0 aliphatic rings. The van der Waals surface area contributed by atoms with E-state index in [9.17, 15) is 9.59 Å². The highest BCUT2D eigenvalue weighted by Crippen LogP contribution is 2.10. The number of hydrogen-bond donors (Lipinski definition) is 2. The van der Waals surface area contributed by atoms with Gasteiger partial charge >= 0.3 is 5.97 Å². The summed E-state index contributed by atoms with van der Waals surface area (Å²) in [5.41, 5.74) is 2.69. The quantitative estimate of drug-likeness (QED) is 0.580. The molecule has 0 spiro atoms. The molecule has 0 aromatic heterocycles.